The number of aliphatic hydroxyl groups is 1. The van der Waals surface area contributed by atoms with Gasteiger partial charge in [0.1, 0.15) is 0 Å². The number of aryl methyl sites for hydroxylation is 1. The second-order valence-electron chi connectivity index (χ2n) is 5.03. The van der Waals surface area contributed by atoms with Crippen LogP contribution in [-0.4, -0.2) is 29.3 Å². The van der Waals surface area contributed by atoms with Crippen LogP contribution in [0.5, 0.6) is 0 Å². The van der Waals surface area contributed by atoms with E-state index in [1.807, 2.05) is 6.92 Å². The van der Waals surface area contributed by atoms with E-state index in [0.717, 1.165) is 12.2 Å². The lowest BCUT2D eigenvalue weighted by Crippen LogP contribution is -2.17. The minimum Gasteiger partial charge on any atom is -0.396 e. The zero-order chi connectivity index (χ0) is 12.4. The predicted octanol–water partition coefficient (Wildman–Crippen LogP) is 1.95. The number of nitrogens with zero attached hydrogens (tertiary/aromatic N) is 1. The molecule has 2 N–H and O–H groups in total. The van der Waals surface area contributed by atoms with Gasteiger partial charge in [-0.3, -0.25) is 4.98 Å². The average molecular weight is 234 g/mol. The van der Waals surface area contributed by atoms with E-state index in [4.69, 9.17) is 4.98 Å². The van der Waals surface area contributed by atoms with E-state index < -0.39 is 0 Å². The van der Waals surface area contributed by atoms with E-state index in [1.54, 1.807) is 0 Å². The molecule has 1 aromatic rings. The lowest BCUT2D eigenvalue weighted by Gasteiger charge is -2.12. The summed E-state index contributed by atoms with van der Waals surface area (Å²) in [6.45, 7) is 7.41. The molecule has 3 heteroatoms. The van der Waals surface area contributed by atoms with Gasteiger partial charge < -0.3 is 10.4 Å². The van der Waals surface area contributed by atoms with E-state index in [0.29, 0.717) is 12.0 Å². The number of likely N-dealkylation sites (N-methyl/N-ethyl adjacent to an activating group) is 1. The molecule has 2 rings (SSSR count). The van der Waals surface area contributed by atoms with Crippen molar-refractivity contribution in [2.75, 3.05) is 13.2 Å². The maximum absolute atomic E-state index is 9.24. The van der Waals surface area contributed by atoms with Gasteiger partial charge in [0, 0.05) is 29.3 Å². The summed E-state index contributed by atoms with van der Waals surface area (Å²) >= 11 is 0. The average Bonchev–Trinajstić information content (AvgIpc) is 3.09. The van der Waals surface area contributed by atoms with E-state index in [1.165, 1.54) is 17.7 Å². The first-order valence-corrected chi connectivity index (χ1v) is 6.49. The van der Waals surface area contributed by atoms with Crippen LogP contribution in [0.1, 0.15) is 49.1 Å². The fourth-order valence-electron chi connectivity index (χ4n) is 2.36. The highest BCUT2D eigenvalue weighted by Crippen LogP contribution is 2.40. The topological polar surface area (TPSA) is 45.1 Å². The first kappa shape index (κ1) is 12.5. The van der Waals surface area contributed by atoms with E-state index in [9.17, 15) is 5.11 Å². The molecular weight excluding hydrogens is 212 g/mol. The third kappa shape index (κ3) is 2.67. The predicted molar refractivity (Wildman–Crippen MR) is 69.3 cm³/mol. The fraction of sp³-hybridized carbons (Fsp3) is 0.643. The van der Waals surface area contributed by atoms with Crippen molar-refractivity contribution in [2.24, 2.45) is 0 Å². The summed E-state index contributed by atoms with van der Waals surface area (Å²) in [5.74, 6) is 0.700. The van der Waals surface area contributed by atoms with Gasteiger partial charge in [-0.2, -0.15) is 0 Å². The number of hydrogen-bond acceptors (Lipinski definition) is 3. The number of nitrogens with one attached hydrogen (secondary N) is 1. The Bertz CT molecular complexity index is 392. The number of hydrogen-bond donors (Lipinski definition) is 2. The summed E-state index contributed by atoms with van der Waals surface area (Å²) in [6.07, 6.45) is 1.19. The fourth-order valence-corrected chi connectivity index (χ4v) is 2.36. The molecule has 0 bridgehead atoms. The molecule has 0 aliphatic heterocycles. The summed E-state index contributed by atoms with van der Waals surface area (Å²) in [5, 5.41) is 12.7. The molecule has 3 nitrogen and oxygen atoms in total. The molecule has 17 heavy (non-hydrogen) atoms. The van der Waals surface area contributed by atoms with Crippen molar-refractivity contribution in [3.05, 3.63) is 29.1 Å². The SMILES string of the molecule is CCNC1CC1c1ccc(C)c(C(C)CO)n1. The van der Waals surface area contributed by atoms with Gasteiger partial charge in [0.25, 0.3) is 0 Å². The van der Waals surface area contributed by atoms with Crippen molar-refractivity contribution < 1.29 is 5.11 Å². The Hall–Kier alpha value is -0.930. The van der Waals surface area contributed by atoms with E-state index in [-0.39, 0.29) is 12.5 Å². The Kier molecular flexibility index (Phi) is 3.79. The standard InChI is InChI=1S/C14H22N2O/c1-4-15-13-7-11(13)12-6-5-9(2)14(16-12)10(3)8-17/h5-6,10-11,13,15,17H,4,7-8H2,1-3H3. The molecule has 0 saturated heterocycles. The van der Waals surface area contributed by atoms with Crippen molar-refractivity contribution in [2.45, 2.75) is 45.1 Å². The highest BCUT2D eigenvalue weighted by atomic mass is 16.3. The lowest BCUT2D eigenvalue weighted by atomic mass is 10.0. The van der Waals surface area contributed by atoms with Gasteiger partial charge in [-0.05, 0) is 31.5 Å². The van der Waals surface area contributed by atoms with Crippen LogP contribution in [0.15, 0.2) is 12.1 Å². The van der Waals surface area contributed by atoms with Crippen LogP contribution in [0, 0.1) is 6.92 Å². The first-order chi connectivity index (χ1) is 8.17. The van der Waals surface area contributed by atoms with Crippen LogP contribution in [-0.2, 0) is 0 Å². The third-order valence-corrected chi connectivity index (χ3v) is 3.53. The van der Waals surface area contributed by atoms with Gasteiger partial charge in [-0.1, -0.05) is 19.9 Å². The molecule has 1 aliphatic rings. The zero-order valence-electron chi connectivity index (χ0n) is 10.9. The molecule has 1 saturated carbocycles. The van der Waals surface area contributed by atoms with Crippen LogP contribution in [0.25, 0.3) is 0 Å². The summed E-state index contributed by atoms with van der Waals surface area (Å²) in [4.78, 5) is 4.74. The van der Waals surface area contributed by atoms with Gasteiger partial charge in [0.15, 0.2) is 0 Å². The number of aromatic nitrogens is 1. The minimum atomic E-state index is 0.131. The summed E-state index contributed by atoms with van der Waals surface area (Å²) < 4.78 is 0. The normalized spacial score (nSPS) is 24.7. The second kappa shape index (κ2) is 5.15. The lowest BCUT2D eigenvalue weighted by molar-refractivity contribution is 0.270. The van der Waals surface area contributed by atoms with Gasteiger partial charge in [0.2, 0.25) is 0 Å². The number of pyridine rings is 1. The molecule has 94 valence electrons. The van der Waals surface area contributed by atoms with Crippen LogP contribution in [0.2, 0.25) is 0 Å². The van der Waals surface area contributed by atoms with Gasteiger partial charge >= 0.3 is 0 Å². The van der Waals surface area contributed by atoms with Crippen molar-refractivity contribution in [3.63, 3.8) is 0 Å². The third-order valence-electron chi connectivity index (χ3n) is 3.53. The summed E-state index contributed by atoms with van der Waals surface area (Å²) in [7, 11) is 0. The van der Waals surface area contributed by atoms with Crippen LogP contribution >= 0.6 is 0 Å². The van der Waals surface area contributed by atoms with Crippen molar-refractivity contribution in [1.82, 2.24) is 10.3 Å². The zero-order valence-corrected chi connectivity index (χ0v) is 10.9. The highest BCUT2D eigenvalue weighted by molar-refractivity contribution is 5.29. The summed E-state index contributed by atoms with van der Waals surface area (Å²) in [6, 6.07) is 4.86. The smallest absolute Gasteiger partial charge is 0.0512 e. The van der Waals surface area contributed by atoms with Crippen molar-refractivity contribution in [1.29, 1.82) is 0 Å². The first-order valence-electron chi connectivity index (χ1n) is 6.49. The van der Waals surface area contributed by atoms with E-state index in [2.05, 4.69) is 31.3 Å². The summed E-state index contributed by atoms with van der Waals surface area (Å²) in [5.41, 5.74) is 3.40. The Morgan fingerprint density at radius 3 is 2.94 bits per heavy atom. The number of aliphatic hydroxyl groups excluding tert-OH is 1. The Morgan fingerprint density at radius 1 is 1.53 bits per heavy atom. The molecule has 1 aliphatic carbocycles. The van der Waals surface area contributed by atoms with Gasteiger partial charge in [0.05, 0.1) is 6.61 Å². The number of rotatable bonds is 5. The van der Waals surface area contributed by atoms with Crippen molar-refractivity contribution in [3.8, 4) is 0 Å². The molecule has 0 aromatic carbocycles. The van der Waals surface area contributed by atoms with Crippen LogP contribution in [0.3, 0.4) is 0 Å². The van der Waals surface area contributed by atoms with Gasteiger partial charge in [-0.25, -0.2) is 0 Å². The second-order valence-corrected chi connectivity index (χ2v) is 5.03. The van der Waals surface area contributed by atoms with Gasteiger partial charge in [-0.15, -0.1) is 0 Å². The van der Waals surface area contributed by atoms with Crippen molar-refractivity contribution >= 4 is 0 Å². The molecule has 3 atom stereocenters. The largest absolute Gasteiger partial charge is 0.396 e. The molecule has 0 spiro atoms. The minimum absolute atomic E-state index is 0.131. The molecule has 0 radical (unpaired) electrons. The maximum Gasteiger partial charge on any atom is 0.0512 e. The highest BCUT2D eigenvalue weighted by Gasteiger charge is 2.38. The quantitative estimate of drug-likeness (QED) is 0.818. The molecule has 1 fully saturated rings. The molecular formula is C14H22N2O. The monoisotopic (exact) mass is 234 g/mol. The Morgan fingerprint density at radius 2 is 2.29 bits per heavy atom. The molecule has 3 unspecified atom stereocenters. The molecule has 1 aromatic heterocycles. The van der Waals surface area contributed by atoms with Crippen LogP contribution in [0.4, 0.5) is 0 Å². The molecule has 0 amide bonds. The van der Waals surface area contributed by atoms with E-state index >= 15 is 0 Å². The van der Waals surface area contributed by atoms with Crippen LogP contribution < -0.4 is 5.32 Å². The Labute approximate surface area is 103 Å². The maximum atomic E-state index is 9.24. The molecule has 1 heterocycles. The Balaban J connectivity index is 2.15.